The number of urea groups is 1. The molecule has 128 valence electrons. The van der Waals surface area contributed by atoms with Gasteiger partial charge < -0.3 is 15.7 Å². The van der Waals surface area contributed by atoms with E-state index in [9.17, 15) is 23.1 Å². The minimum atomic E-state index is -4.30. The summed E-state index contributed by atoms with van der Waals surface area (Å²) in [6.07, 6.45) is -5.34. The van der Waals surface area contributed by atoms with E-state index in [1.54, 1.807) is 24.3 Å². The molecule has 2 amide bonds. The molecule has 0 aromatic heterocycles. The Bertz CT molecular complexity index is 702. The van der Waals surface area contributed by atoms with Gasteiger partial charge in [0, 0.05) is 12.2 Å². The molecule has 3 N–H and O–H groups in total. The molecule has 2 aromatic carbocycles. The second-order valence-corrected chi connectivity index (χ2v) is 5.23. The van der Waals surface area contributed by atoms with Gasteiger partial charge in [-0.1, -0.05) is 36.4 Å². The topological polar surface area (TPSA) is 61.4 Å². The van der Waals surface area contributed by atoms with Gasteiger partial charge in [0.05, 0.1) is 13.0 Å². The Morgan fingerprint density at radius 2 is 1.75 bits per heavy atom. The van der Waals surface area contributed by atoms with Crippen LogP contribution in [0.1, 0.15) is 16.7 Å². The van der Waals surface area contributed by atoms with E-state index in [0.29, 0.717) is 5.56 Å². The zero-order valence-electron chi connectivity index (χ0n) is 12.7. The molecular weight excluding hydrogens is 321 g/mol. The number of hydrogen-bond acceptors (Lipinski definition) is 2. The standard InChI is InChI=1S/C17H17F3N2O2/c18-17(19,20)9-12-4-3-7-15(8-12)22-16(24)21-10-13-5-1-2-6-14(13)11-23/h1-8,23H,9-11H2,(H2,21,22,24). The molecule has 0 saturated heterocycles. The van der Waals surface area contributed by atoms with E-state index in [2.05, 4.69) is 10.6 Å². The Balaban J connectivity index is 1.94. The molecule has 2 rings (SSSR count). The highest BCUT2D eigenvalue weighted by atomic mass is 19.4. The lowest BCUT2D eigenvalue weighted by atomic mass is 10.1. The van der Waals surface area contributed by atoms with Crippen molar-refractivity contribution in [2.45, 2.75) is 25.7 Å². The van der Waals surface area contributed by atoms with Crippen LogP contribution in [0.2, 0.25) is 0 Å². The fourth-order valence-corrected chi connectivity index (χ4v) is 2.23. The first kappa shape index (κ1) is 17.8. The van der Waals surface area contributed by atoms with E-state index in [1.807, 2.05) is 0 Å². The number of halogens is 3. The third-order valence-electron chi connectivity index (χ3n) is 3.32. The Hall–Kier alpha value is -2.54. The van der Waals surface area contributed by atoms with Crippen molar-refractivity contribution in [1.29, 1.82) is 0 Å². The number of alkyl halides is 3. The van der Waals surface area contributed by atoms with Crippen LogP contribution in [0.25, 0.3) is 0 Å². The Morgan fingerprint density at radius 1 is 1.04 bits per heavy atom. The lowest BCUT2D eigenvalue weighted by Crippen LogP contribution is -2.28. The minimum absolute atomic E-state index is 0.0749. The summed E-state index contributed by atoms with van der Waals surface area (Å²) in [5.74, 6) is 0. The molecule has 0 saturated carbocycles. The smallest absolute Gasteiger partial charge is 0.392 e. The van der Waals surface area contributed by atoms with E-state index < -0.39 is 18.6 Å². The van der Waals surface area contributed by atoms with Crippen LogP contribution < -0.4 is 10.6 Å². The van der Waals surface area contributed by atoms with Crippen molar-refractivity contribution in [1.82, 2.24) is 5.32 Å². The van der Waals surface area contributed by atoms with E-state index in [1.165, 1.54) is 24.3 Å². The molecule has 0 bridgehead atoms. The number of benzene rings is 2. The van der Waals surface area contributed by atoms with Crippen LogP contribution in [-0.2, 0) is 19.6 Å². The molecule has 0 spiro atoms. The van der Waals surface area contributed by atoms with Crippen LogP contribution in [-0.4, -0.2) is 17.3 Å². The molecule has 7 heteroatoms. The van der Waals surface area contributed by atoms with E-state index in [0.717, 1.165) is 5.56 Å². The van der Waals surface area contributed by atoms with Crippen LogP contribution >= 0.6 is 0 Å². The zero-order chi connectivity index (χ0) is 17.6. The van der Waals surface area contributed by atoms with Gasteiger partial charge >= 0.3 is 12.2 Å². The predicted molar refractivity (Wildman–Crippen MR) is 84.4 cm³/mol. The molecule has 24 heavy (non-hydrogen) atoms. The number of amides is 2. The van der Waals surface area contributed by atoms with Crippen molar-refractivity contribution in [2.24, 2.45) is 0 Å². The van der Waals surface area contributed by atoms with Gasteiger partial charge in [-0.05, 0) is 28.8 Å². The van der Waals surface area contributed by atoms with Crippen LogP contribution in [0.3, 0.4) is 0 Å². The summed E-state index contributed by atoms with van der Waals surface area (Å²) in [5.41, 5.74) is 1.82. The largest absolute Gasteiger partial charge is 0.393 e. The maximum Gasteiger partial charge on any atom is 0.393 e. The molecule has 0 aliphatic rings. The molecule has 0 atom stereocenters. The van der Waals surface area contributed by atoms with E-state index in [4.69, 9.17) is 0 Å². The number of anilines is 1. The molecule has 0 radical (unpaired) electrons. The van der Waals surface area contributed by atoms with Gasteiger partial charge in [0.2, 0.25) is 0 Å². The van der Waals surface area contributed by atoms with Crippen molar-refractivity contribution in [3.8, 4) is 0 Å². The number of carbonyl (C=O) groups is 1. The molecule has 0 aliphatic carbocycles. The van der Waals surface area contributed by atoms with E-state index in [-0.39, 0.29) is 24.4 Å². The number of hydrogen-bond donors (Lipinski definition) is 3. The molecular formula is C17H17F3N2O2. The number of aliphatic hydroxyl groups excluding tert-OH is 1. The number of aliphatic hydroxyl groups is 1. The van der Waals surface area contributed by atoms with Crippen molar-refractivity contribution in [3.63, 3.8) is 0 Å². The van der Waals surface area contributed by atoms with Gasteiger partial charge in [0.15, 0.2) is 0 Å². The maximum atomic E-state index is 12.4. The molecule has 4 nitrogen and oxygen atoms in total. The van der Waals surface area contributed by atoms with Gasteiger partial charge in [-0.15, -0.1) is 0 Å². The third kappa shape index (κ3) is 5.58. The average Bonchev–Trinajstić information content (AvgIpc) is 2.52. The highest BCUT2D eigenvalue weighted by Crippen LogP contribution is 2.22. The summed E-state index contributed by atoms with van der Waals surface area (Å²) in [6.45, 7) is 0.0593. The van der Waals surface area contributed by atoms with E-state index >= 15 is 0 Å². The van der Waals surface area contributed by atoms with Gasteiger partial charge in [0.25, 0.3) is 0 Å². The normalized spacial score (nSPS) is 11.2. The number of carbonyl (C=O) groups excluding carboxylic acids is 1. The Labute approximate surface area is 137 Å². The van der Waals surface area contributed by atoms with Gasteiger partial charge in [-0.25, -0.2) is 4.79 Å². The third-order valence-corrected chi connectivity index (χ3v) is 3.32. The molecule has 0 heterocycles. The van der Waals surface area contributed by atoms with Crippen molar-refractivity contribution < 1.29 is 23.1 Å². The zero-order valence-corrected chi connectivity index (χ0v) is 12.7. The van der Waals surface area contributed by atoms with Crippen LogP contribution in [0.4, 0.5) is 23.7 Å². The summed E-state index contributed by atoms with van der Waals surface area (Å²) in [4.78, 5) is 11.9. The maximum absolute atomic E-state index is 12.4. The lowest BCUT2D eigenvalue weighted by Gasteiger charge is -2.11. The Morgan fingerprint density at radius 3 is 2.42 bits per heavy atom. The summed E-state index contributed by atoms with van der Waals surface area (Å²) in [7, 11) is 0. The quantitative estimate of drug-likeness (QED) is 0.780. The predicted octanol–water partition coefficient (Wildman–Crippen LogP) is 3.61. The van der Waals surface area contributed by atoms with Gasteiger partial charge in [-0.3, -0.25) is 0 Å². The first-order valence-corrected chi connectivity index (χ1v) is 7.25. The first-order chi connectivity index (χ1) is 11.4. The highest BCUT2D eigenvalue weighted by Gasteiger charge is 2.27. The highest BCUT2D eigenvalue weighted by molar-refractivity contribution is 5.89. The molecule has 0 unspecified atom stereocenters. The Kier molecular flexibility index (Phi) is 5.81. The average molecular weight is 338 g/mol. The fourth-order valence-electron chi connectivity index (χ4n) is 2.23. The summed E-state index contributed by atoms with van der Waals surface area (Å²) in [5, 5.41) is 14.3. The number of rotatable bonds is 5. The monoisotopic (exact) mass is 338 g/mol. The van der Waals surface area contributed by atoms with Crippen LogP contribution in [0.5, 0.6) is 0 Å². The summed E-state index contributed by atoms with van der Waals surface area (Å²) in [6, 6.07) is 12.2. The number of nitrogens with one attached hydrogen (secondary N) is 2. The van der Waals surface area contributed by atoms with Crippen molar-refractivity contribution in [3.05, 3.63) is 65.2 Å². The van der Waals surface area contributed by atoms with Crippen LogP contribution in [0, 0.1) is 0 Å². The summed E-state index contributed by atoms with van der Waals surface area (Å²) < 4.78 is 37.2. The minimum Gasteiger partial charge on any atom is -0.392 e. The second-order valence-electron chi connectivity index (χ2n) is 5.23. The van der Waals surface area contributed by atoms with Crippen molar-refractivity contribution >= 4 is 11.7 Å². The van der Waals surface area contributed by atoms with Gasteiger partial charge in [-0.2, -0.15) is 13.2 Å². The molecule has 0 fully saturated rings. The summed E-state index contributed by atoms with van der Waals surface area (Å²) >= 11 is 0. The molecule has 0 aliphatic heterocycles. The second kappa shape index (κ2) is 7.83. The fraction of sp³-hybridized carbons (Fsp3) is 0.235. The lowest BCUT2D eigenvalue weighted by molar-refractivity contribution is -0.127. The first-order valence-electron chi connectivity index (χ1n) is 7.25. The van der Waals surface area contributed by atoms with Gasteiger partial charge in [0.1, 0.15) is 0 Å². The SMILES string of the molecule is O=C(NCc1ccccc1CO)Nc1cccc(CC(F)(F)F)c1. The van der Waals surface area contributed by atoms with Crippen LogP contribution in [0.15, 0.2) is 48.5 Å². The van der Waals surface area contributed by atoms with Crippen molar-refractivity contribution in [2.75, 3.05) is 5.32 Å². The molecule has 2 aromatic rings.